The van der Waals surface area contributed by atoms with Crippen LogP contribution < -0.4 is 19.7 Å². The minimum absolute atomic E-state index is 0.0220. The van der Waals surface area contributed by atoms with Crippen molar-refractivity contribution >= 4 is 17.3 Å². The first kappa shape index (κ1) is 20.0. The highest BCUT2D eigenvalue weighted by molar-refractivity contribution is 5.91. The summed E-state index contributed by atoms with van der Waals surface area (Å²) in [7, 11) is 5.00. The van der Waals surface area contributed by atoms with Gasteiger partial charge in [0.15, 0.2) is 0 Å². The number of aryl methyl sites for hydroxylation is 1. The van der Waals surface area contributed by atoms with Crippen molar-refractivity contribution in [3.63, 3.8) is 0 Å². The Labute approximate surface area is 166 Å². The van der Waals surface area contributed by atoms with Gasteiger partial charge < -0.3 is 24.4 Å². The molecule has 0 unspecified atom stereocenters. The van der Waals surface area contributed by atoms with Crippen LogP contribution in [0.3, 0.4) is 0 Å². The molecule has 3 rings (SSSR count). The van der Waals surface area contributed by atoms with Gasteiger partial charge in [0.2, 0.25) is 5.91 Å². The van der Waals surface area contributed by atoms with Gasteiger partial charge in [-0.05, 0) is 48.7 Å². The Kier molecular flexibility index (Phi) is 6.76. The molecular weight excluding hydrogens is 356 g/mol. The van der Waals surface area contributed by atoms with Crippen molar-refractivity contribution in [1.29, 1.82) is 0 Å². The highest BCUT2D eigenvalue weighted by atomic mass is 16.5. The summed E-state index contributed by atoms with van der Waals surface area (Å²) < 4.78 is 16.0. The number of benzene rings is 2. The molecule has 1 saturated heterocycles. The van der Waals surface area contributed by atoms with Crippen molar-refractivity contribution in [2.75, 3.05) is 44.6 Å². The van der Waals surface area contributed by atoms with E-state index in [1.807, 2.05) is 42.5 Å². The predicted octanol–water partition coefficient (Wildman–Crippen LogP) is 3.50. The summed E-state index contributed by atoms with van der Waals surface area (Å²) in [4.78, 5) is 14.6. The Morgan fingerprint density at radius 2 is 1.89 bits per heavy atom. The molecule has 1 aliphatic rings. The van der Waals surface area contributed by atoms with Gasteiger partial charge in [-0.2, -0.15) is 0 Å². The van der Waals surface area contributed by atoms with Gasteiger partial charge in [-0.1, -0.05) is 6.07 Å². The number of nitrogens with zero attached hydrogens (tertiary/aromatic N) is 1. The maximum Gasteiger partial charge on any atom is 0.224 e. The number of rotatable bonds is 8. The van der Waals surface area contributed by atoms with Crippen LogP contribution in [-0.4, -0.2) is 46.4 Å². The molecule has 6 nitrogen and oxygen atoms in total. The number of anilines is 2. The van der Waals surface area contributed by atoms with Gasteiger partial charge in [-0.15, -0.1) is 0 Å². The van der Waals surface area contributed by atoms with Gasteiger partial charge in [0.05, 0.1) is 20.3 Å². The Balaban J connectivity index is 1.52. The molecule has 1 N–H and O–H groups in total. The number of hydrogen-bond donors (Lipinski definition) is 1. The fourth-order valence-corrected chi connectivity index (χ4v) is 3.44. The smallest absolute Gasteiger partial charge is 0.224 e. The zero-order valence-corrected chi connectivity index (χ0v) is 16.7. The predicted molar refractivity (Wildman–Crippen MR) is 111 cm³/mol. The van der Waals surface area contributed by atoms with Crippen LogP contribution in [0.2, 0.25) is 0 Å². The van der Waals surface area contributed by atoms with E-state index in [-0.39, 0.29) is 5.91 Å². The van der Waals surface area contributed by atoms with E-state index < -0.39 is 0 Å². The van der Waals surface area contributed by atoms with E-state index >= 15 is 0 Å². The zero-order chi connectivity index (χ0) is 19.9. The second-order valence-electron chi connectivity index (χ2n) is 6.87. The quantitative estimate of drug-likeness (QED) is 0.755. The van der Waals surface area contributed by atoms with E-state index in [1.165, 1.54) is 0 Å². The normalized spacial score (nSPS) is 16.1. The lowest BCUT2D eigenvalue weighted by Gasteiger charge is -2.18. The van der Waals surface area contributed by atoms with Crippen molar-refractivity contribution in [1.82, 2.24) is 0 Å². The van der Waals surface area contributed by atoms with Crippen LogP contribution in [0.15, 0.2) is 42.5 Å². The Morgan fingerprint density at radius 3 is 2.54 bits per heavy atom. The fourth-order valence-electron chi connectivity index (χ4n) is 3.44. The van der Waals surface area contributed by atoms with Crippen LogP contribution in [-0.2, 0) is 16.0 Å². The molecule has 0 aromatic heterocycles. The molecule has 1 aliphatic heterocycles. The van der Waals surface area contributed by atoms with Gasteiger partial charge in [0.1, 0.15) is 11.5 Å². The van der Waals surface area contributed by atoms with Gasteiger partial charge in [-0.3, -0.25) is 4.79 Å². The lowest BCUT2D eigenvalue weighted by molar-refractivity contribution is -0.116. The van der Waals surface area contributed by atoms with Gasteiger partial charge in [0.25, 0.3) is 0 Å². The SMILES string of the molecule is COc1ccc(CCC(=O)Nc2ccc(N3CC[C@H](OC)C3)cc2)c(OC)c1. The highest BCUT2D eigenvalue weighted by Gasteiger charge is 2.22. The molecule has 0 bridgehead atoms. The third kappa shape index (κ3) is 4.95. The molecule has 1 heterocycles. The second-order valence-corrected chi connectivity index (χ2v) is 6.87. The number of carbonyl (C=O) groups is 1. The molecule has 0 aliphatic carbocycles. The van der Waals surface area contributed by atoms with Crippen LogP contribution in [0.1, 0.15) is 18.4 Å². The van der Waals surface area contributed by atoms with Crippen molar-refractivity contribution < 1.29 is 19.0 Å². The summed E-state index contributed by atoms with van der Waals surface area (Å²) in [5, 5.41) is 2.96. The molecule has 0 spiro atoms. The van der Waals surface area contributed by atoms with Gasteiger partial charge in [0, 0.05) is 44.1 Å². The van der Waals surface area contributed by atoms with Crippen molar-refractivity contribution in [2.24, 2.45) is 0 Å². The maximum absolute atomic E-state index is 12.3. The first-order valence-corrected chi connectivity index (χ1v) is 9.51. The summed E-state index contributed by atoms with van der Waals surface area (Å²) >= 11 is 0. The lowest BCUT2D eigenvalue weighted by Crippen LogP contribution is -2.22. The molecule has 0 saturated carbocycles. The lowest BCUT2D eigenvalue weighted by atomic mass is 10.1. The molecule has 6 heteroatoms. The first-order chi connectivity index (χ1) is 13.6. The summed E-state index contributed by atoms with van der Waals surface area (Å²) in [6.07, 6.45) is 2.33. The van der Waals surface area contributed by atoms with E-state index in [2.05, 4.69) is 10.2 Å². The Bertz CT molecular complexity index is 792. The number of nitrogens with one attached hydrogen (secondary N) is 1. The number of ether oxygens (including phenoxy) is 3. The van der Waals surface area contributed by atoms with Crippen molar-refractivity contribution in [3.05, 3.63) is 48.0 Å². The van der Waals surface area contributed by atoms with Crippen molar-refractivity contribution in [2.45, 2.75) is 25.4 Å². The van der Waals surface area contributed by atoms with Crippen LogP contribution in [0.25, 0.3) is 0 Å². The van der Waals surface area contributed by atoms with Gasteiger partial charge in [-0.25, -0.2) is 0 Å². The highest BCUT2D eigenvalue weighted by Crippen LogP contribution is 2.26. The molecule has 2 aromatic rings. The topological polar surface area (TPSA) is 60.0 Å². The third-order valence-electron chi connectivity index (χ3n) is 5.11. The Morgan fingerprint density at radius 1 is 1.11 bits per heavy atom. The third-order valence-corrected chi connectivity index (χ3v) is 5.11. The summed E-state index contributed by atoms with van der Waals surface area (Å²) in [6, 6.07) is 13.6. The average Bonchev–Trinajstić information content (AvgIpc) is 3.22. The number of amides is 1. The molecule has 1 atom stereocenters. The van der Waals surface area contributed by atoms with E-state index in [9.17, 15) is 4.79 Å². The average molecular weight is 384 g/mol. The molecule has 1 fully saturated rings. The van der Waals surface area contributed by atoms with Crippen LogP contribution in [0, 0.1) is 0 Å². The molecular formula is C22H28N2O4. The molecule has 2 aromatic carbocycles. The number of methoxy groups -OCH3 is 3. The number of hydrogen-bond acceptors (Lipinski definition) is 5. The van der Waals surface area contributed by atoms with E-state index in [4.69, 9.17) is 14.2 Å². The summed E-state index contributed by atoms with van der Waals surface area (Å²) in [5.74, 6) is 1.45. The van der Waals surface area contributed by atoms with Crippen LogP contribution in [0.4, 0.5) is 11.4 Å². The van der Waals surface area contributed by atoms with E-state index in [0.29, 0.717) is 18.9 Å². The summed E-state index contributed by atoms with van der Waals surface area (Å²) in [6.45, 7) is 1.90. The molecule has 0 radical (unpaired) electrons. The van der Waals surface area contributed by atoms with E-state index in [0.717, 1.165) is 47.9 Å². The Hall–Kier alpha value is -2.73. The second kappa shape index (κ2) is 9.46. The van der Waals surface area contributed by atoms with E-state index in [1.54, 1.807) is 21.3 Å². The summed E-state index contributed by atoms with van der Waals surface area (Å²) in [5.41, 5.74) is 2.94. The first-order valence-electron chi connectivity index (χ1n) is 9.51. The zero-order valence-electron chi connectivity index (χ0n) is 16.7. The minimum atomic E-state index is -0.0220. The minimum Gasteiger partial charge on any atom is -0.497 e. The fraction of sp³-hybridized carbons (Fsp3) is 0.409. The molecule has 28 heavy (non-hydrogen) atoms. The standard InChI is InChI=1S/C22H28N2O4/c1-26-19-10-4-16(21(14-19)28-3)5-11-22(25)23-17-6-8-18(9-7-17)24-13-12-20(15-24)27-2/h4,6-10,14,20H,5,11-13,15H2,1-3H3,(H,23,25)/t20-/m0/s1. The molecule has 150 valence electrons. The number of carbonyl (C=O) groups excluding carboxylic acids is 1. The van der Waals surface area contributed by atoms with Crippen molar-refractivity contribution in [3.8, 4) is 11.5 Å². The monoisotopic (exact) mass is 384 g/mol. The van der Waals surface area contributed by atoms with Crippen LogP contribution >= 0.6 is 0 Å². The van der Waals surface area contributed by atoms with Gasteiger partial charge >= 0.3 is 0 Å². The largest absolute Gasteiger partial charge is 0.497 e. The molecule has 1 amide bonds. The van der Waals surface area contributed by atoms with Crippen LogP contribution in [0.5, 0.6) is 11.5 Å². The maximum atomic E-state index is 12.3.